The molecular weight excluding hydrogens is 744 g/mol. The van der Waals surface area contributed by atoms with Crippen LogP contribution in [0, 0.1) is 0 Å². The summed E-state index contributed by atoms with van der Waals surface area (Å²) in [6.07, 6.45) is 0.400. The molecule has 0 aromatic heterocycles. The monoisotopic (exact) mass is 784 g/mol. The van der Waals surface area contributed by atoms with Gasteiger partial charge in [0.15, 0.2) is 0 Å². The Morgan fingerprint density at radius 2 is 1.18 bits per heavy atom. The van der Waals surface area contributed by atoms with Crippen molar-refractivity contribution in [2.24, 2.45) is 0 Å². The Bertz CT molecular complexity index is 2160. The fourth-order valence-corrected chi connectivity index (χ4v) is 7.17. The van der Waals surface area contributed by atoms with Gasteiger partial charge in [0.2, 0.25) is 29.5 Å². The van der Waals surface area contributed by atoms with Crippen molar-refractivity contribution < 1.29 is 57.5 Å². The number of ether oxygens (including phenoxy) is 1. The van der Waals surface area contributed by atoms with E-state index in [9.17, 15) is 52.7 Å². The van der Waals surface area contributed by atoms with Crippen molar-refractivity contribution in [2.45, 2.75) is 103 Å². The van der Waals surface area contributed by atoms with E-state index in [1.807, 2.05) is 0 Å². The number of unbranched alkanes of at least 4 members (excludes halogenated alkanes) is 3. The van der Waals surface area contributed by atoms with Gasteiger partial charge >= 0.3 is 6.09 Å². The van der Waals surface area contributed by atoms with Gasteiger partial charge in [-0.05, 0) is 70.7 Å². The van der Waals surface area contributed by atoms with Crippen LogP contribution in [0.25, 0.3) is 0 Å². The summed E-state index contributed by atoms with van der Waals surface area (Å²) >= 11 is 0. The quantitative estimate of drug-likeness (QED) is 0.220. The average Bonchev–Trinajstić information content (AvgIpc) is 3.54. The van der Waals surface area contributed by atoms with Gasteiger partial charge in [0, 0.05) is 25.7 Å². The number of carbonyl (C=O) groups is 11. The number of amides is 11. The third kappa shape index (κ3) is 8.06. The Hall–Kier alpha value is -6.59. The molecule has 2 fully saturated rings. The molecule has 2 aromatic carbocycles. The van der Waals surface area contributed by atoms with Crippen LogP contribution in [0.3, 0.4) is 0 Å². The molecule has 18 nitrogen and oxygen atoms in total. The molecule has 18 heteroatoms. The molecule has 2 atom stereocenters. The van der Waals surface area contributed by atoms with Gasteiger partial charge in [-0.1, -0.05) is 25.0 Å². The number of fused-ring (bicyclic) bond motifs is 2. The van der Waals surface area contributed by atoms with Crippen LogP contribution in [-0.2, 0) is 33.5 Å². The first kappa shape index (κ1) is 40.1. The molecule has 6 rings (SSSR count). The van der Waals surface area contributed by atoms with Crippen molar-refractivity contribution in [1.82, 2.24) is 20.0 Å². The summed E-state index contributed by atoms with van der Waals surface area (Å²) in [5, 5.41) is 7.47. The molecule has 298 valence electrons. The van der Waals surface area contributed by atoms with Crippen molar-refractivity contribution in [3.8, 4) is 0 Å². The zero-order valence-corrected chi connectivity index (χ0v) is 31.4. The van der Waals surface area contributed by atoms with Crippen LogP contribution in [0.5, 0.6) is 0 Å². The number of imide groups is 6. The van der Waals surface area contributed by atoms with Crippen molar-refractivity contribution in [3.05, 3.63) is 58.7 Å². The van der Waals surface area contributed by atoms with Crippen molar-refractivity contribution in [2.75, 3.05) is 10.6 Å². The highest BCUT2D eigenvalue weighted by molar-refractivity contribution is 6.27. The Balaban J connectivity index is 0.976. The van der Waals surface area contributed by atoms with E-state index in [0.717, 1.165) is 4.90 Å². The van der Waals surface area contributed by atoms with Crippen LogP contribution in [0.1, 0.15) is 126 Å². The number of benzene rings is 2. The molecule has 0 bridgehead atoms. The number of rotatable bonds is 11. The highest BCUT2D eigenvalue weighted by Crippen LogP contribution is 2.35. The predicted octanol–water partition coefficient (Wildman–Crippen LogP) is 3.05. The SMILES string of the molecule is CC(C)(C)OC(=O)N1C(=O)CCC(N2C(=O)c3cccc(NC(=O)CCCCCCC(=O)Nc4cccc5c4C(=O)N(C4CCC(=O)NC4=O)C5=O)c3C2=O)C1=O. The molecule has 11 amide bonds. The summed E-state index contributed by atoms with van der Waals surface area (Å²) in [7, 11) is 0. The minimum Gasteiger partial charge on any atom is -0.443 e. The van der Waals surface area contributed by atoms with E-state index < -0.39 is 82.8 Å². The van der Waals surface area contributed by atoms with Crippen LogP contribution in [0.15, 0.2) is 36.4 Å². The fourth-order valence-electron chi connectivity index (χ4n) is 7.17. The molecular formula is C39H40N6O12. The number of nitrogens with zero attached hydrogens (tertiary/aromatic N) is 3. The van der Waals surface area contributed by atoms with E-state index in [1.165, 1.54) is 36.4 Å². The van der Waals surface area contributed by atoms with E-state index >= 15 is 0 Å². The van der Waals surface area contributed by atoms with Crippen LogP contribution < -0.4 is 16.0 Å². The topological polar surface area (TPSA) is 243 Å². The van der Waals surface area contributed by atoms with E-state index in [-0.39, 0.29) is 72.2 Å². The predicted molar refractivity (Wildman–Crippen MR) is 196 cm³/mol. The lowest BCUT2D eigenvalue weighted by Crippen LogP contribution is -2.58. The summed E-state index contributed by atoms with van der Waals surface area (Å²) in [6.45, 7) is 4.67. The van der Waals surface area contributed by atoms with Crippen LogP contribution in [-0.4, -0.2) is 97.5 Å². The second-order valence-electron chi connectivity index (χ2n) is 15.0. The Morgan fingerprint density at radius 1 is 0.684 bits per heavy atom. The van der Waals surface area contributed by atoms with E-state index in [0.29, 0.717) is 35.5 Å². The largest absolute Gasteiger partial charge is 0.443 e. The molecule has 4 heterocycles. The van der Waals surface area contributed by atoms with Crippen molar-refractivity contribution in [3.63, 3.8) is 0 Å². The lowest BCUT2D eigenvalue weighted by molar-refractivity contribution is -0.150. The van der Waals surface area contributed by atoms with Crippen LogP contribution >= 0.6 is 0 Å². The first-order valence-electron chi connectivity index (χ1n) is 18.5. The van der Waals surface area contributed by atoms with Gasteiger partial charge in [0.25, 0.3) is 29.5 Å². The number of hydrogen-bond donors (Lipinski definition) is 3. The Labute approximate surface area is 325 Å². The Kier molecular flexibility index (Phi) is 11.2. The maximum atomic E-state index is 13.6. The second kappa shape index (κ2) is 15.9. The smallest absolute Gasteiger partial charge is 0.424 e. The van der Waals surface area contributed by atoms with Gasteiger partial charge in [0.1, 0.15) is 17.7 Å². The van der Waals surface area contributed by atoms with Gasteiger partial charge < -0.3 is 15.4 Å². The van der Waals surface area contributed by atoms with Crippen LogP contribution in [0.4, 0.5) is 16.2 Å². The van der Waals surface area contributed by atoms with E-state index in [4.69, 9.17) is 4.74 Å². The standard InChI is InChI=1S/C39H40N6O12/c1-39(2,3)57-38(56)45-29(49)19-17-25(35(45)53)44-34(52)21-11-9-13-23(31(21)37(44)55)41-27(47)15-7-5-4-6-14-26(46)40-22-12-8-10-20-30(22)36(54)43(33(20)51)24-16-18-28(48)42-32(24)50/h8-13,24-25H,4-7,14-19H2,1-3H3,(H,40,46)(H,41,47)(H,42,48,50). The average molecular weight is 785 g/mol. The molecule has 57 heavy (non-hydrogen) atoms. The van der Waals surface area contributed by atoms with Gasteiger partial charge in [-0.25, -0.2) is 4.79 Å². The number of hydrogen-bond acceptors (Lipinski definition) is 12. The van der Waals surface area contributed by atoms with Gasteiger partial charge in [-0.2, -0.15) is 4.90 Å². The Morgan fingerprint density at radius 3 is 1.67 bits per heavy atom. The zero-order valence-electron chi connectivity index (χ0n) is 31.4. The molecule has 0 spiro atoms. The van der Waals surface area contributed by atoms with Crippen molar-refractivity contribution in [1.29, 1.82) is 0 Å². The van der Waals surface area contributed by atoms with E-state index in [2.05, 4.69) is 16.0 Å². The molecule has 0 radical (unpaired) electrons. The molecule has 0 aliphatic carbocycles. The molecule has 3 N–H and O–H groups in total. The number of carbonyl (C=O) groups excluding carboxylic acids is 11. The summed E-state index contributed by atoms with van der Waals surface area (Å²) in [5.41, 5.74) is -0.986. The third-order valence-electron chi connectivity index (χ3n) is 9.79. The van der Waals surface area contributed by atoms with E-state index in [1.54, 1.807) is 20.8 Å². The number of piperidine rings is 2. The van der Waals surface area contributed by atoms with Gasteiger partial charge in [-0.3, -0.25) is 63.1 Å². The number of nitrogens with one attached hydrogen (secondary N) is 3. The number of likely N-dealkylation sites (tertiary alicyclic amines) is 1. The maximum Gasteiger partial charge on any atom is 0.424 e. The molecule has 2 saturated heterocycles. The minimum atomic E-state index is -1.44. The number of anilines is 2. The van der Waals surface area contributed by atoms with Crippen molar-refractivity contribution >= 4 is 76.5 Å². The zero-order chi connectivity index (χ0) is 41.3. The van der Waals surface area contributed by atoms with Gasteiger partial charge in [-0.15, -0.1) is 0 Å². The molecule has 4 aliphatic heterocycles. The first-order valence-corrected chi connectivity index (χ1v) is 18.5. The maximum absolute atomic E-state index is 13.6. The first-order chi connectivity index (χ1) is 27.0. The summed E-state index contributed by atoms with van der Waals surface area (Å²) in [4.78, 5) is 143. The molecule has 0 saturated carbocycles. The summed E-state index contributed by atoms with van der Waals surface area (Å²) in [5.74, 6) is -7.06. The fraction of sp³-hybridized carbons (Fsp3) is 0.410. The minimum absolute atomic E-state index is 0.000480. The molecule has 2 unspecified atom stereocenters. The highest BCUT2D eigenvalue weighted by Gasteiger charge is 2.50. The van der Waals surface area contributed by atoms with Crippen LogP contribution in [0.2, 0.25) is 0 Å². The van der Waals surface area contributed by atoms with Gasteiger partial charge in [0.05, 0.1) is 33.6 Å². The summed E-state index contributed by atoms with van der Waals surface area (Å²) in [6, 6.07) is 6.13. The second-order valence-corrected chi connectivity index (χ2v) is 15.0. The third-order valence-corrected chi connectivity index (χ3v) is 9.79. The molecule has 2 aromatic rings. The highest BCUT2D eigenvalue weighted by atomic mass is 16.6. The summed E-state index contributed by atoms with van der Waals surface area (Å²) < 4.78 is 5.19. The normalized spacial score (nSPS) is 19.5. The lowest BCUT2D eigenvalue weighted by Gasteiger charge is -2.34. The molecule has 4 aliphatic rings. The lowest BCUT2D eigenvalue weighted by atomic mass is 10.0.